The van der Waals surface area contributed by atoms with E-state index in [4.69, 9.17) is 5.11 Å². The fourth-order valence-corrected chi connectivity index (χ4v) is 1.82. The number of carbonyl (C=O) groups is 1. The fourth-order valence-electron chi connectivity index (χ4n) is 1.82. The minimum atomic E-state index is -0.953. The van der Waals surface area contributed by atoms with Crippen LogP contribution in [0.25, 0.3) is 0 Å². The van der Waals surface area contributed by atoms with Crippen LogP contribution in [0.1, 0.15) is 28.9 Å². The molecule has 92 valence electrons. The van der Waals surface area contributed by atoms with E-state index < -0.39 is 5.97 Å². The van der Waals surface area contributed by atoms with Gasteiger partial charge in [0.1, 0.15) is 0 Å². The van der Waals surface area contributed by atoms with Crippen molar-refractivity contribution >= 4 is 5.97 Å². The van der Waals surface area contributed by atoms with Gasteiger partial charge < -0.3 is 9.67 Å². The van der Waals surface area contributed by atoms with Crippen molar-refractivity contribution in [3.05, 3.63) is 70.1 Å². The average Bonchev–Trinajstić information content (AvgIpc) is 2.38. The maximum Gasteiger partial charge on any atom is 0.335 e. The number of aromatic nitrogens is 1. The molecule has 0 bridgehead atoms. The SMILES string of the molecule is CC(c1ccc(C(=O)O)cc1)n1ccccc1=O. The molecule has 4 nitrogen and oxygen atoms in total. The maximum atomic E-state index is 11.7. The molecule has 0 aliphatic heterocycles. The highest BCUT2D eigenvalue weighted by Gasteiger charge is 2.09. The zero-order valence-electron chi connectivity index (χ0n) is 9.91. The molecule has 1 atom stereocenters. The van der Waals surface area contributed by atoms with E-state index in [1.807, 2.05) is 6.92 Å². The molecule has 0 saturated heterocycles. The lowest BCUT2D eigenvalue weighted by Gasteiger charge is -2.15. The van der Waals surface area contributed by atoms with Gasteiger partial charge in [0.15, 0.2) is 0 Å². The highest BCUT2D eigenvalue weighted by Crippen LogP contribution is 2.16. The van der Waals surface area contributed by atoms with Crippen LogP contribution in [-0.2, 0) is 0 Å². The van der Waals surface area contributed by atoms with E-state index in [-0.39, 0.29) is 17.2 Å². The molecule has 0 spiro atoms. The molecule has 1 aromatic carbocycles. The van der Waals surface area contributed by atoms with E-state index >= 15 is 0 Å². The number of carboxylic acid groups (broad SMARTS) is 1. The number of aromatic carboxylic acids is 1. The number of carboxylic acids is 1. The van der Waals surface area contributed by atoms with Crippen LogP contribution in [-0.4, -0.2) is 15.6 Å². The number of benzene rings is 1. The number of hydrogen-bond donors (Lipinski definition) is 1. The summed E-state index contributed by atoms with van der Waals surface area (Å²) in [4.78, 5) is 22.4. The molecule has 2 aromatic rings. The van der Waals surface area contributed by atoms with Gasteiger partial charge in [-0.3, -0.25) is 4.79 Å². The van der Waals surface area contributed by atoms with Crippen LogP contribution in [0.15, 0.2) is 53.5 Å². The third-order valence-electron chi connectivity index (χ3n) is 2.91. The first-order valence-electron chi connectivity index (χ1n) is 5.60. The minimum absolute atomic E-state index is 0.0766. The molecule has 0 aliphatic rings. The quantitative estimate of drug-likeness (QED) is 0.898. The summed E-state index contributed by atoms with van der Waals surface area (Å²) in [6, 6.07) is 11.4. The second-order valence-corrected chi connectivity index (χ2v) is 4.05. The van der Waals surface area contributed by atoms with Gasteiger partial charge in [0, 0.05) is 12.3 Å². The molecule has 1 unspecified atom stereocenters. The Morgan fingerprint density at radius 1 is 1.17 bits per heavy atom. The molecule has 0 aliphatic carbocycles. The Labute approximate surface area is 104 Å². The Hall–Kier alpha value is -2.36. The van der Waals surface area contributed by atoms with Gasteiger partial charge in [-0.05, 0) is 30.7 Å². The normalized spacial score (nSPS) is 12.1. The smallest absolute Gasteiger partial charge is 0.335 e. The zero-order chi connectivity index (χ0) is 13.1. The van der Waals surface area contributed by atoms with E-state index in [1.54, 1.807) is 47.2 Å². The Balaban J connectivity index is 2.35. The van der Waals surface area contributed by atoms with Crippen molar-refractivity contribution in [3.63, 3.8) is 0 Å². The van der Waals surface area contributed by atoms with Crippen LogP contribution in [0.3, 0.4) is 0 Å². The van der Waals surface area contributed by atoms with E-state index in [1.165, 1.54) is 6.07 Å². The Bertz CT molecular complexity index is 613. The Morgan fingerprint density at radius 2 is 1.83 bits per heavy atom. The Kier molecular flexibility index (Phi) is 3.28. The highest BCUT2D eigenvalue weighted by molar-refractivity contribution is 5.87. The van der Waals surface area contributed by atoms with Crippen molar-refractivity contribution < 1.29 is 9.90 Å². The van der Waals surface area contributed by atoms with Crippen molar-refractivity contribution in [2.24, 2.45) is 0 Å². The fraction of sp³-hybridized carbons (Fsp3) is 0.143. The summed E-state index contributed by atoms with van der Waals surface area (Å²) < 4.78 is 1.61. The molecule has 2 rings (SSSR count). The van der Waals surface area contributed by atoms with E-state index in [0.717, 1.165) is 5.56 Å². The summed E-state index contributed by atoms with van der Waals surface area (Å²) in [5.41, 5.74) is 1.06. The van der Waals surface area contributed by atoms with Gasteiger partial charge in [-0.25, -0.2) is 4.79 Å². The largest absolute Gasteiger partial charge is 0.478 e. The second-order valence-electron chi connectivity index (χ2n) is 4.05. The lowest BCUT2D eigenvalue weighted by molar-refractivity contribution is 0.0697. The van der Waals surface area contributed by atoms with Gasteiger partial charge in [0.2, 0.25) is 0 Å². The highest BCUT2D eigenvalue weighted by atomic mass is 16.4. The Morgan fingerprint density at radius 3 is 2.39 bits per heavy atom. The number of hydrogen-bond acceptors (Lipinski definition) is 2. The molecule has 1 heterocycles. The molecule has 0 saturated carbocycles. The first-order chi connectivity index (χ1) is 8.59. The topological polar surface area (TPSA) is 59.3 Å². The second kappa shape index (κ2) is 4.87. The summed E-state index contributed by atoms with van der Waals surface area (Å²) in [5, 5.41) is 8.82. The van der Waals surface area contributed by atoms with Crippen molar-refractivity contribution in [3.8, 4) is 0 Å². The summed E-state index contributed by atoms with van der Waals surface area (Å²) in [7, 11) is 0. The molecule has 0 amide bonds. The molecule has 18 heavy (non-hydrogen) atoms. The van der Waals surface area contributed by atoms with E-state index in [9.17, 15) is 9.59 Å². The molecule has 4 heteroatoms. The van der Waals surface area contributed by atoms with E-state index in [0.29, 0.717) is 0 Å². The monoisotopic (exact) mass is 243 g/mol. The molecular formula is C14H13NO3. The van der Waals surface area contributed by atoms with Gasteiger partial charge in [-0.1, -0.05) is 18.2 Å². The van der Waals surface area contributed by atoms with Crippen molar-refractivity contribution in [2.45, 2.75) is 13.0 Å². The van der Waals surface area contributed by atoms with Crippen molar-refractivity contribution in [1.82, 2.24) is 4.57 Å². The predicted molar refractivity (Wildman–Crippen MR) is 67.9 cm³/mol. The van der Waals surface area contributed by atoms with Gasteiger partial charge in [-0.15, -0.1) is 0 Å². The van der Waals surface area contributed by atoms with Crippen molar-refractivity contribution in [2.75, 3.05) is 0 Å². The number of nitrogens with zero attached hydrogens (tertiary/aromatic N) is 1. The van der Waals surface area contributed by atoms with Crippen LogP contribution >= 0.6 is 0 Å². The lowest BCUT2D eigenvalue weighted by atomic mass is 10.1. The van der Waals surface area contributed by atoms with Crippen LogP contribution in [0.2, 0.25) is 0 Å². The summed E-state index contributed by atoms with van der Waals surface area (Å²) >= 11 is 0. The summed E-state index contributed by atoms with van der Waals surface area (Å²) in [6.45, 7) is 1.90. The molecule has 1 aromatic heterocycles. The predicted octanol–water partition coefficient (Wildman–Crippen LogP) is 2.16. The van der Waals surface area contributed by atoms with Gasteiger partial charge in [0.05, 0.1) is 11.6 Å². The molecular weight excluding hydrogens is 230 g/mol. The van der Waals surface area contributed by atoms with Crippen LogP contribution < -0.4 is 5.56 Å². The maximum absolute atomic E-state index is 11.7. The number of pyridine rings is 1. The van der Waals surface area contributed by atoms with Crippen LogP contribution in [0, 0.1) is 0 Å². The first kappa shape index (κ1) is 12.1. The van der Waals surface area contributed by atoms with Crippen molar-refractivity contribution in [1.29, 1.82) is 0 Å². The molecule has 0 radical (unpaired) electrons. The number of rotatable bonds is 3. The average molecular weight is 243 g/mol. The summed E-state index contributed by atoms with van der Waals surface area (Å²) in [6.07, 6.45) is 1.72. The lowest BCUT2D eigenvalue weighted by Crippen LogP contribution is -2.22. The first-order valence-corrected chi connectivity index (χ1v) is 5.60. The zero-order valence-corrected chi connectivity index (χ0v) is 9.91. The van der Waals surface area contributed by atoms with Gasteiger partial charge >= 0.3 is 5.97 Å². The molecule has 0 fully saturated rings. The summed E-state index contributed by atoms with van der Waals surface area (Å²) in [5.74, 6) is -0.953. The third-order valence-corrected chi connectivity index (χ3v) is 2.91. The van der Waals surface area contributed by atoms with Gasteiger partial charge in [0.25, 0.3) is 5.56 Å². The van der Waals surface area contributed by atoms with Gasteiger partial charge in [-0.2, -0.15) is 0 Å². The standard InChI is InChI=1S/C14H13NO3/c1-10(15-9-3-2-4-13(15)16)11-5-7-12(8-6-11)14(17)18/h2-10H,1H3,(H,17,18). The minimum Gasteiger partial charge on any atom is -0.478 e. The molecule has 1 N–H and O–H groups in total. The van der Waals surface area contributed by atoms with E-state index in [2.05, 4.69) is 0 Å². The van der Waals surface area contributed by atoms with Crippen LogP contribution in [0.4, 0.5) is 0 Å². The third kappa shape index (κ3) is 2.32. The van der Waals surface area contributed by atoms with Crippen LogP contribution in [0.5, 0.6) is 0 Å².